The van der Waals surface area contributed by atoms with E-state index in [0.717, 1.165) is 55.7 Å². The number of hydrogen-bond acceptors (Lipinski definition) is 3. The molecular formula is C23H30N4O2. The van der Waals surface area contributed by atoms with Crippen LogP contribution >= 0.6 is 0 Å². The Kier molecular flexibility index (Phi) is 5.69. The normalized spacial score (nSPS) is 19.2. The Bertz CT molecular complexity index is 883. The molecule has 4 rings (SSSR count). The van der Waals surface area contributed by atoms with E-state index in [0.29, 0.717) is 13.1 Å². The topological polar surface area (TPSA) is 67.2 Å². The van der Waals surface area contributed by atoms with Gasteiger partial charge in [-0.25, -0.2) is 4.68 Å². The van der Waals surface area contributed by atoms with Crippen molar-refractivity contribution in [3.05, 3.63) is 47.3 Å². The first-order valence-corrected chi connectivity index (χ1v) is 10.7. The third-order valence-corrected chi connectivity index (χ3v) is 5.93. The zero-order valence-electron chi connectivity index (χ0n) is 17.4. The zero-order valence-corrected chi connectivity index (χ0v) is 17.4. The molecule has 1 aliphatic heterocycles. The highest BCUT2D eigenvalue weighted by Gasteiger charge is 2.36. The molecule has 6 nitrogen and oxygen atoms in total. The van der Waals surface area contributed by atoms with E-state index in [-0.39, 0.29) is 23.7 Å². The Hall–Kier alpha value is -2.63. The van der Waals surface area contributed by atoms with Crippen LogP contribution in [0.15, 0.2) is 30.3 Å². The van der Waals surface area contributed by atoms with Gasteiger partial charge in [-0.3, -0.25) is 9.59 Å². The van der Waals surface area contributed by atoms with Crippen LogP contribution in [0.25, 0.3) is 5.69 Å². The van der Waals surface area contributed by atoms with Crippen molar-refractivity contribution in [3.63, 3.8) is 0 Å². The number of likely N-dealkylation sites (tertiary alicyclic amines) is 1. The van der Waals surface area contributed by atoms with Crippen LogP contribution in [0.5, 0.6) is 0 Å². The van der Waals surface area contributed by atoms with E-state index in [9.17, 15) is 9.59 Å². The average molecular weight is 395 g/mol. The number of carbonyl (C=O) groups excluding carboxylic acids is 2. The van der Waals surface area contributed by atoms with E-state index in [4.69, 9.17) is 0 Å². The minimum atomic E-state index is -0.0696. The van der Waals surface area contributed by atoms with Gasteiger partial charge in [-0.05, 0) is 69.7 Å². The number of benzene rings is 1. The van der Waals surface area contributed by atoms with Crippen molar-refractivity contribution >= 4 is 11.8 Å². The number of aryl methyl sites for hydroxylation is 2. The van der Waals surface area contributed by atoms with Gasteiger partial charge in [0.15, 0.2) is 0 Å². The van der Waals surface area contributed by atoms with Crippen molar-refractivity contribution in [2.24, 2.45) is 11.8 Å². The van der Waals surface area contributed by atoms with Crippen LogP contribution in [-0.4, -0.2) is 46.1 Å². The van der Waals surface area contributed by atoms with E-state index in [1.165, 1.54) is 5.56 Å². The summed E-state index contributed by atoms with van der Waals surface area (Å²) in [7, 11) is 0. The summed E-state index contributed by atoms with van der Waals surface area (Å²) in [6, 6.07) is 10.4. The SMILES string of the molecule is Cc1cc(C)n(-c2ccc(CCNC(=O)C3CCCN(C(=O)C4CC4)C3)cc2)n1. The van der Waals surface area contributed by atoms with Crippen LogP contribution < -0.4 is 5.32 Å². The molecule has 2 aromatic rings. The van der Waals surface area contributed by atoms with Gasteiger partial charge in [0.05, 0.1) is 17.3 Å². The Morgan fingerprint density at radius 1 is 1.10 bits per heavy atom. The number of amides is 2. The van der Waals surface area contributed by atoms with Gasteiger partial charge < -0.3 is 10.2 Å². The van der Waals surface area contributed by atoms with Gasteiger partial charge in [0.25, 0.3) is 0 Å². The molecule has 2 aliphatic rings. The van der Waals surface area contributed by atoms with Crippen molar-refractivity contribution in [2.75, 3.05) is 19.6 Å². The molecule has 1 aromatic carbocycles. The van der Waals surface area contributed by atoms with E-state index < -0.39 is 0 Å². The quantitative estimate of drug-likeness (QED) is 0.819. The maximum atomic E-state index is 12.6. The number of piperidine rings is 1. The molecule has 0 spiro atoms. The lowest BCUT2D eigenvalue weighted by molar-refractivity contribution is -0.136. The van der Waals surface area contributed by atoms with Crippen LogP contribution in [0.2, 0.25) is 0 Å². The first-order chi connectivity index (χ1) is 14.0. The highest BCUT2D eigenvalue weighted by Crippen LogP contribution is 2.32. The van der Waals surface area contributed by atoms with E-state index in [1.54, 1.807) is 0 Å². The van der Waals surface area contributed by atoms with Crippen molar-refractivity contribution in [3.8, 4) is 5.69 Å². The molecule has 6 heteroatoms. The highest BCUT2D eigenvalue weighted by atomic mass is 16.2. The number of carbonyl (C=O) groups is 2. The monoisotopic (exact) mass is 394 g/mol. The maximum absolute atomic E-state index is 12.6. The summed E-state index contributed by atoms with van der Waals surface area (Å²) in [4.78, 5) is 26.7. The van der Waals surface area contributed by atoms with Crippen molar-refractivity contribution in [1.82, 2.24) is 20.0 Å². The fourth-order valence-electron chi connectivity index (χ4n) is 4.15. The number of rotatable bonds is 6. The summed E-state index contributed by atoms with van der Waals surface area (Å²) in [6.07, 6.45) is 4.62. The van der Waals surface area contributed by atoms with Gasteiger partial charge in [0.1, 0.15) is 0 Å². The van der Waals surface area contributed by atoms with Gasteiger partial charge in [0.2, 0.25) is 11.8 Å². The second-order valence-corrected chi connectivity index (χ2v) is 8.44. The molecule has 1 saturated carbocycles. The zero-order chi connectivity index (χ0) is 20.4. The lowest BCUT2D eigenvalue weighted by Crippen LogP contribution is -2.46. The second kappa shape index (κ2) is 8.39. The summed E-state index contributed by atoms with van der Waals surface area (Å²) >= 11 is 0. The van der Waals surface area contributed by atoms with Crippen LogP contribution in [0.4, 0.5) is 0 Å². The van der Waals surface area contributed by atoms with Gasteiger partial charge in [-0.2, -0.15) is 5.10 Å². The fourth-order valence-corrected chi connectivity index (χ4v) is 4.15. The fraction of sp³-hybridized carbons (Fsp3) is 0.522. The Morgan fingerprint density at radius 2 is 1.86 bits per heavy atom. The minimum Gasteiger partial charge on any atom is -0.355 e. The van der Waals surface area contributed by atoms with Crippen LogP contribution in [-0.2, 0) is 16.0 Å². The molecule has 29 heavy (non-hydrogen) atoms. The van der Waals surface area contributed by atoms with Gasteiger partial charge in [0, 0.05) is 31.2 Å². The lowest BCUT2D eigenvalue weighted by Gasteiger charge is -2.32. The third-order valence-electron chi connectivity index (χ3n) is 5.93. The van der Waals surface area contributed by atoms with Crippen molar-refractivity contribution in [2.45, 2.75) is 46.0 Å². The standard InChI is InChI=1S/C23H30N4O2/c1-16-14-17(2)27(25-16)21-9-5-18(6-10-21)11-12-24-22(28)20-4-3-13-26(15-20)23(29)19-7-8-19/h5-6,9-10,14,19-20H,3-4,7-8,11-13,15H2,1-2H3,(H,24,28). The lowest BCUT2D eigenvalue weighted by atomic mass is 9.96. The molecule has 1 aliphatic carbocycles. The average Bonchev–Trinajstić information content (AvgIpc) is 3.52. The molecule has 0 radical (unpaired) electrons. The Morgan fingerprint density at radius 3 is 2.52 bits per heavy atom. The summed E-state index contributed by atoms with van der Waals surface area (Å²) in [5, 5.41) is 7.58. The second-order valence-electron chi connectivity index (χ2n) is 8.44. The minimum absolute atomic E-state index is 0.0696. The highest BCUT2D eigenvalue weighted by molar-refractivity contribution is 5.83. The third kappa shape index (κ3) is 4.69. The molecule has 1 N–H and O–H groups in total. The molecular weight excluding hydrogens is 364 g/mol. The van der Waals surface area contributed by atoms with Crippen LogP contribution in [0, 0.1) is 25.7 Å². The molecule has 1 aromatic heterocycles. The Labute approximate surface area is 172 Å². The maximum Gasteiger partial charge on any atom is 0.225 e. The number of hydrogen-bond donors (Lipinski definition) is 1. The summed E-state index contributed by atoms with van der Waals surface area (Å²) < 4.78 is 1.94. The number of nitrogens with zero attached hydrogens (tertiary/aromatic N) is 3. The van der Waals surface area contributed by atoms with Crippen LogP contribution in [0.1, 0.15) is 42.6 Å². The predicted molar refractivity (Wildman–Crippen MR) is 112 cm³/mol. The van der Waals surface area contributed by atoms with Crippen LogP contribution in [0.3, 0.4) is 0 Å². The molecule has 2 amide bonds. The van der Waals surface area contributed by atoms with E-state index >= 15 is 0 Å². The van der Waals surface area contributed by atoms with Gasteiger partial charge in [-0.1, -0.05) is 12.1 Å². The van der Waals surface area contributed by atoms with E-state index in [2.05, 4.69) is 40.7 Å². The van der Waals surface area contributed by atoms with Gasteiger partial charge >= 0.3 is 0 Å². The molecule has 2 fully saturated rings. The Balaban J connectivity index is 1.25. The molecule has 2 heterocycles. The first kappa shape index (κ1) is 19.7. The largest absolute Gasteiger partial charge is 0.355 e. The van der Waals surface area contributed by atoms with Crippen molar-refractivity contribution < 1.29 is 9.59 Å². The molecule has 154 valence electrons. The predicted octanol–water partition coefficient (Wildman–Crippen LogP) is 2.80. The smallest absolute Gasteiger partial charge is 0.225 e. The number of aromatic nitrogens is 2. The first-order valence-electron chi connectivity index (χ1n) is 10.7. The molecule has 0 bridgehead atoms. The molecule has 1 atom stereocenters. The summed E-state index contributed by atoms with van der Waals surface area (Å²) in [6.45, 7) is 6.05. The van der Waals surface area contributed by atoms with E-state index in [1.807, 2.05) is 23.4 Å². The van der Waals surface area contributed by atoms with Crippen molar-refractivity contribution in [1.29, 1.82) is 0 Å². The summed E-state index contributed by atoms with van der Waals surface area (Å²) in [5.74, 6) is 0.497. The summed E-state index contributed by atoms with van der Waals surface area (Å²) in [5.41, 5.74) is 4.36. The van der Waals surface area contributed by atoms with Gasteiger partial charge in [-0.15, -0.1) is 0 Å². The molecule has 1 saturated heterocycles. The molecule has 1 unspecified atom stereocenters. The number of nitrogens with one attached hydrogen (secondary N) is 1.